The molecule has 20 heavy (non-hydrogen) atoms. The quantitative estimate of drug-likeness (QED) is 0.869. The Bertz CT molecular complexity index is 515. The fourth-order valence-corrected chi connectivity index (χ4v) is 3.43. The number of fused-ring (bicyclic) bond motifs is 1. The summed E-state index contributed by atoms with van der Waals surface area (Å²) in [5.74, 6) is 1.78. The van der Waals surface area contributed by atoms with E-state index in [4.69, 9.17) is 10.5 Å². The molecule has 1 heterocycles. The first-order valence-corrected chi connectivity index (χ1v) is 7.47. The Hall–Kier alpha value is -1.55. The summed E-state index contributed by atoms with van der Waals surface area (Å²) in [6.07, 6.45) is 3.70. The zero-order valence-corrected chi connectivity index (χ0v) is 11.9. The number of hydrogen-bond acceptors (Lipinski definition) is 3. The molecule has 0 aromatic heterocycles. The summed E-state index contributed by atoms with van der Waals surface area (Å²) in [6.45, 7) is 3.34. The maximum Gasteiger partial charge on any atom is 0.255 e. The maximum absolute atomic E-state index is 12.0. The molecule has 1 amide bonds. The zero-order chi connectivity index (χ0) is 14.1. The van der Waals surface area contributed by atoms with Crippen LogP contribution in [0, 0.1) is 11.8 Å². The Balaban J connectivity index is 1.89. The number of benzene rings is 1. The molecule has 0 radical (unpaired) electrons. The predicted octanol–water partition coefficient (Wildman–Crippen LogP) is 2.24. The smallest absolute Gasteiger partial charge is 0.255 e. The molecule has 0 spiro atoms. The molecule has 108 valence electrons. The van der Waals surface area contributed by atoms with Crippen molar-refractivity contribution in [1.82, 2.24) is 5.32 Å². The number of nitrogens with two attached hydrogens (primary N) is 1. The summed E-state index contributed by atoms with van der Waals surface area (Å²) in [5.41, 5.74) is 8.09. The van der Waals surface area contributed by atoms with Crippen LogP contribution in [0.25, 0.3) is 0 Å². The number of nitrogens with one attached hydrogen (secondary N) is 1. The summed E-state index contributed by atoms with van der Waals surface area (Å²) in [5, 5.41) is 2.84. The van der Waals surface area contributed by atoms with Gasteiger partial charge in [0.2, 0.25) is 0 Å². The molecule has 1 aromatic carbocycles. The number of amides is 1. The van der Waals surface area contributed by atoms with E-state index in [2.05, 4.69) is 12.2 Å². The van der Waals surface area contributed by atoms with Gasteiger partial charge in [-0.1, -0.05) is 25.8 Å². The van der Waals surface area contributed by atoms with Crippen molar-refractivity contribution in [3.8, 4) is 5.75 Å². The highest BCUT2D eigenvalue weighted by atomic mass is 16.5. The second-order valence-electron chi connectivity index (χ2n) is 5.96. The molecule has 4 nitrogen and oxygen atoms in total. The maximum atomic E-state index is 12.0. The lowest BCUT2D eigenvalue weighted by Crippen LogP contribution is -2.25. The van der Waals surface area contributed by atoms with Gasteiger partial charge in [0.25, 0.3) is 5.91 Å². The van der Waals surface area contributed by atoms with E-state index in [1.807, 2.05) is 18.2 Å². The van der Waals surface area contributed by atoms with Gasteiger partial charge in [-0.25, -0.2) is 0 Å². The van der Waals surface area contributed by atoms with Gasteiger partial charge in [0.15, 0.2) is 0 Å². The molecular weight excluding hydrogens is 252 g/mol. The third kappa shape index (κ3) is 2.40. The topological polar surface area (TPSA) is 64.4 Å². The van der Waals surface area contributed by atoms with E-state index in [0.29, 0.717) is 36.3 Å². The van der Waals surface area contributed by atoms with Gasteiger partial charge in [-0.3, -0.25) is 4.79 Å². The zero-order valence-electron chi connectivity index (χ0n) is 11.9. The van der Waals surface area contributed by atoms with E-state index in [1.54, 1.807) is 0 Å². The number of hydrogen-bond donors (Lipinski definition) is 2. The predicted molar refractivity (Wildman–Crippen MR) is 77.7 cm³/mol. The minimum absolute atomic E-state index is 0.00820. The highest BCUT2D eigenvalue weighted by molar-refractivity contribution is 5.97. The number of carbonyl (C=O) groups excluding carboxylic acids is 1. The molecule has 3 atom stereocenters. The van der Waals surface area contributed by atoms with Crippen LogP contribution in [-0.4, -0.2) is 19.1 Å². The fourth-order valence-electron chi connectivity index (χ4n) is 3.43. The third-order valence-electron chi connectivity index (χ3n) is 4.67. The van der Waals surface area contributed by atoms with E-state index >= 15 is 0 Å². The van der Waals surface area contributed by atoms with E-state index in [0.717, 1.165) is 5.56 Å². The fraction of sp³-hybridized carbons (Fsp3) is 0.562. The minimum Gasteiger partial charge on any atom is -0.491 e. The first kappa shape index (κ1) is 13.4. The van der Waals surface area contributed by atoms with Crippen LogP contribution in [-0.2, 0) is 0 Å². The number of rotatable bonds is 2. The van der Waals surface area contributed by atoms with Crippen LogP contribution >= 0.6 is 0 Å². The second-order valence-corrected chi connectivity index (χ2v) is 5.96. The van der Waals surface area contributed by atoms with Crippen molar-refractivity contribution in [3.05, 3.63) is 29.3 Å². The van der Waals surface area contributed by atoms with Crippen molar-refractivity contribution in [2.75, 3.05) is 13.2 Å². The van der Waals surface area contributed by atoms with Gasteiger partial charge in [-0.05, 0) is 36.0 Å². The standard InChI is InChI=1S/C16H22N2O2/c1-10-3-2-4-12(10)15(17)11-5-6-14-13(9-11)16(19)18-7-8-20-14/h5-6,9-10,12,15H,2-4,7-8,17H2,1H3,(H,18,19). The lowest BCUT2D eigenvalue weighted by atomic mass is 9.86. The summed E-state index contributed by atoms with van der Waals surface area (Å²) < 4.78 is 5.58. The van der Waals surface area contributed by atoms with Crippen LogP contribution < -0.4 is 15.8 Å². The van der Waals surface area contributed by atoms with Crippen molar-refractivity contribution < 1.29 is 9.53 Å². The number of carbonyl (C=O) groups is 1. The molecule has 4 heteroatoms. The average Bonchev–Trinajstić information content (AvgIpc) is 2.79. The highest BCUT2D eigenvalue weighted by Crippen LogP contribution is 2.39. The van der Waals surface area contributed by atoms with Crippen molar-refractivity contribution >= 4 is 5.91 Å². The van der Waals surface area contributed by atoms with Gasteiger partial charge in [-0.15, -0.1) is 0 Å². The lowest BCUT2D eigenvalue weighted by molar-refractivity contribution is 0.0957. The Morgan fingerprint density at radius 1 is 1.40 bits per heavy atom. The summed E-state index contributed by atoms with van der Waals surface area (Å²) in [4.78, 5) is 12.0. The van der Waals surface area contributed by atoms with Gasteiger partial charge in [0, 0.05) is 6.04 Å². The monoisotopic (exact) mass is 274 g/mol. The first-order chi connectivity index (χ1) is 9.66. The van der Waals surface area contributed by atoms with Gasteiger partial charge < -0.3 is 15.8 Å². The van der Waals surface area contributed by atoms with E-state index in [9.17, 15) is 4.79 Å². The van der Waals surface area contributed by atoms with E-state index in [1.165, 1.54) is 19.3 Å². The van der Waals surface area contributed by atoms with Crippen LogP contribution in [0.4, 0.5) is 0 Å². The summed E-state index contributed by atoms with van der Waals surface area (Å²) in [7, 11) is 0. The van der Waals surface area contributed by atoms with Crippen molar-refractivity contribution in [2.24, 2.45) is 17.6 Å². The van der Waals surface area contributed by atoms with Crippen LogP contribution in [0.5, 0.6) is 5.75 Å². The largest absolute Gasteiger partial charge is 0.491 e. The van der Waals surface area contributed by atoms with Crippen LogP contribution in [0.15, 0.2) is 18.2 Å². The molecule has 1 fully saturated rings. The van der Waals surface area contributed by atoms with Gasteiger partial charge in [-0.2, -0.15) is 0 Å². The molecule has 3 N–H and O–H groups in total. The molecular formula is C16H22N2O2. The van der Waals surface area contributed by atoms with E-state index in [-0.39, 0.29) is 11.9 Å². The molecule has 1 aliphatic heterocycles. The Kier molecular flexibility index (Phi) is 3.66. The second kappa shape index (κ2) is 5.44. The summed E-state index contributed by atoms with van der Waals surface area (Å²) in [6, 6.07) is 5.81. The Morgan fingerprint density at radius 3 is 3.00 bits per heavy atom. The molecule has 0 bridgehead atoms. The van der Waals surface area contributed by atoms with Crippen molar-refractivity contribution in [2.45, 2.75) is 32.2 Å². The van der Waals surface area contributed by atoms with Gasteiger partial charge >= 0.3 is 0 Å². The van der Waals surface area contributed by atoms with Crippen molar-refractivity contribution in [1.29, 1.82) is 0 Å². The minimum atomic E-state index is -0.0639. The molecule has 1 saturated carbocycles. The molecule has 3 unspecified atom stereocenters. The Labute approximate surface area is 119 Å². The van der Waals surface area contributed by atoms with Gasteiger partial charge in [0.05, 0.1) is 12.1 Å². The average molecular weight is 274 g/mol. The van der Waals surface area contributed by atoms with Crippen LogP contribution in [0.2, 0.25) is 0 Å². The summed E-state index contributed by atoms with van der Waals surface area (Å²) >= 11 is 0. The molecule has 2 aliphatic rings. The molecule has 3 rings (SSSR count). The SMILES string of the molecule is CC1CCCC1C(N)c1ccc2c(c1)C(=O)NCCO2. The highest BCUT2D eigenvalue weighted by Gasteiger charge is 2.30. The molecule has 1 aromatic rings. The number of ether oxygens (including phenoxy) is 1. The molecule has 1 aliphatic carbocycles. The van der Waals surface area contributed by atoms with Gasteiger partial charge in [0.1, 0.15) is 12.4 Å². The van der Waals surface area contributed by atoms with Crippen LogP contribution in [0.1, 0.15) is 48.1 Å². The first-order valence-electron chi connectivity index (χ1n) is 7.47. The lowest BCUT2D eigenvalue weighted by Gasteiger charge is -2.24. The van der Waals surface area contributed by atoms with Crippen molar-refractivity contribution in [3.63, 3.8) is 0 Å². The third-order valence-corrected chi connectivity index (χ3v) is 4.67. The normalized spacial score (nSPS) is 27.2. The molecule has 0 saturated heterocycles. The van der Waals surface area contributed by atoms with Crippen LogP contribution in [0.3, 0.4) is 0 Å². The van der Waals surface area contributed by atoms with E-state index < -0.39 is 0 Å². The Morgan fingerprint density at radius 2 is 2.25 bits per heavy atom.